The molecule has 1 heterocycles. The van der Waals surface area contributed by atoms with E-state index in [1.54, 1.807) is 18.2 Å². The SMILES string of the molecule is NCCn1nnc(-c2ccccc2F)n1. The molecule has 2 rings (SSSR count). The van der Waals surface area contributed by atoms with E-state index in [0.717, 1.165) is 0 Å². The van der Waals surface area contributed by atoms with Gasteiger partial charge in [-0.3, -0.25) is 0 Å². The number of hydrogen-bond donors (Lipinski definition) is 1. The first-order chi connectivity index (χ1) is 7.31. The highest BCUT2D eigenvalue weighted by Crippen LogP contribution is 2.16. The van der Waals surface area contributed by atoms with Gasteiger partial charge in [0.15, 0.2) is 0 Å². The van der Waals surface area contributed by atoms with Crippen molar-refractivity contribution in [3.05, 3.63) is 30.1 Å². The van der Waals surface area contributed by atoms with Gasteiger partial charge in [-0.25, -0.2) is 4.39 Å². The highest BCUT2D eigenvalue weighted by Gasteiger charge is 2.09. The van der Waals surface area contributed by atoms with E-state index in [0.29, 0.717) is 18.7 Å². The highest BCUT2D eigenvalue weighted by atomic mass is 19.1. The lowest BCUT2D eigenvalue weighted by Crippen LogP contribution is -2.12. The molecule has 5 nitrogen and oxygen atoms in total. The minimum absolute atomic E-state index is 0.279. The maximum absolute atomic E-state index is 13.3. The molecule has 0 spiro atoms. The quantitative estimate of drug-likeness (QED) is 0.792. The number of halogens is 1. The molecule has 2 aromatic rings. The van der Waals surface area contributed by atoms with Crippen LogP contribution < -0.4 is 5.73 Å². The Bertz CT molecular complexity index is 453. The van der Waals surface area contributed by atoms with Gasteiger partial charge < -0.3 is 5.73 Å². The maximum atomic E-state index is 13.3. The van der Waals surface area contributed by atoms with Gasteiger partial charge in [0.2, 0.25) is 5.82 Å². The lowest BCUT2D eigenvalue weighted by Gasteiger charge is -1.95. The van der Waals surface area contributed by atoms with Crippen LogP contribution in [-0.4, -0.2) is 26.8 Å². The van der Waals surface area contributed by atoms with Crippen molar-refractivity contribution in [3.8, 4) is 11.4 Å². The van der Waals surface area contributed by atoms with Crippen LogP contribution in [0.4, 0.5) is 4.39 Å². The van der Waals surface area contributed by atoms with Gasteiger partial charge in [-0.1, -0.05) is 12.1 Å². The second-order valence-electron chi connectivity index (χ2n) is 2.98. The molecule has 0 fully saturated rings. The molecular weight excluding hydrogens is 197 g/mol. The van der Waals surface area contributed by atoms with Crippen LogP contribution in [0.5, 0.6) is 0 Å². The minimum atomic E-state index is -0.357. The first kappa shape index (κ1) is 9.72. The van der Waals surface area contributed by atoms with Crippen molar-refractivity contribution in [3.63, 3.8) is 0 Å². The molecule has 0 saturated carbocycles. The molecule has 0 aliphatic rings. The molecular formula is C9H10FN5. The van der Waals surface area contributed by atoms with Gasteiger partial charge in [0.25, 0.3) is 0 Å². The molecule has 1 aromatic carbocycles. The predicted molar refractivity (Wildman–Crippen MR) is 52.3 cm³/mol. The molecule has 0 amide bonds. The van der Waals surface area contributed by atoms with Crippen molar-refractivity contribution < 1.29 is 4.39 Å². The molecule has 0 unspecified atom stereocenters. The predicted octanol–water partition coefficient (Wildman–Crippen LogP) is 0.438. The van der Waals surface area contributed by atoms with Crippen LogP contribution in [-0.2, 0) is 6.54 Å². The number of tetrazole rings is 1. The van der Waals surface area contributed by atoms with E-state index >= 15 is 0 Å². The highest BCUT2D eigenvalue weighted by molar-refractivity contribution is 5.54. The van der Waals surface area contributed by atoms with Crippen molar-refractivity contribution in [2.45, 2.75) is 6.54 Å². The van der Waals surface area contributed by atoms with Gasteiger partial charge in [0, 0.05) is 6.54 Å². The Balaban J connectivity index is 2.33. The molecule has 0 aliphatic carbocycles. The number of benzene rings is 1. The summed E-state index contributed by atoms with van der Waals surface area (Å²) in [5.74, 6) is -0.0775. The average Bonchev–Trinajstić information content (AvgIpc) is 2.68. The van der Waals surface area contributed by atoms with E-state index in [9.17, 15) is 4.39 Å². The Morgan fingerprint density at radius 3 is 2.87 bits per heavy atom. The van der Waals surface area contributed by atoms with Gasteiger partial charge in [-0.15, -0.1) is 10.2 Å². The third-order valence-electron chi connectivity index (χ3n) is 1.90. The normalized spacial score (nSPS) is 10.5. The second kappa shape index (κ2) is 4.14. The van der Waals surface area contributed by atoms with Crippen molar-refractivity contribution >= 4 is 0 Å². The molecule has 15 heavy (non-hydrogen) atoms. The molecule has 0 bridgehead atoms. The smallest absolute Gasteiger partial charge is 0.207 e. The van der Waals surface area contributed by atoms with Crippen molar-refractivity contribution in [1.29, 1.82) is 0 Å². The summed E-state index contributed by atoms with van der Waals surface area (Å²) in [6.45, 7) is 0.897. The lowest BCUT2D eigenvalue weighted by atomic mass is 10.2. The van der Waals surface area contributed by atoms with Crippen molar-refractivity contribution in [2.75, 3.05) is 6.54 Å². The summed E-state index contributed by atoms with van der Waals surface area (Å²) in [7, 11) is 0. The lowest BCUT2D eigenvalue weighted by molar-refractivity contribution is 0.531. The van der Waals surface area contributed by atoms with Crippen LogP contribution in [0.25, 0.3) is 11.4 Å². The fourth-order valence-corrected chi connectivity index (χ4v) is 1.20. The van der Waals surface area contributed by atoms with Crippen LogP contribution in [0, 0.1) is 5.82 Å². The summed E-state index contributed by atoms with van der Waals surface area (Å²) < 4.78 is 13.3. The van der Waals surface area contributed by atoms with Crippen LogP contribution >= 0.6 is 0 Å². The number of rotatable bonds is 3. The van der Waals surface area contributed by atoms with E-state index in [1.165, 1.54) is 10.9 Å². The molecule has 0 radical (unpaired) electrons. The molecule has 78 valence electrons. The van der Waals surface area contributed by atoms with Gasteiger partial charge in [0.1, 0.15) is 5.82 Å². The van der Waals surface area contributed by atoms with Crippen LogP contribution in [0.1, 0.15) is 0 Å². The zero-order valence-corrected chi connectivity index (χ0v) is 7.97. The Morgan fingerprint density at radius 1 is 1.33 bits per heavy atom. The van der Waals surface area contributed by atoms with Gasteiger partial charge in [0.05, 0.1) is 12.1 Å². The number of nitrogens with zero attached hydrogens (tertiary/aromatic N) is 4. The van der Waals surface area contributed by atoms with Gasteiger partial charge >= 0.3 is 0 Å². The summed E-state index contributed by atoms with van der Waals surface area (Å²) in [4.78, 5) is 1.35. The average molecular weight is 207 g/mol. The minimum Gasteiger partial charge on any atom is -0.329 e. The molecule has 1 aromatic heterocycles. The molecule has 0 atom stereocenters. The number of nitrogens with two attached hydrogens (primary N) is 1. The van der Waals surface area contributed by atoms with Crippen molar-refractivity contribution in [2.24, 2.45) is 5.73 Å². The standard InChI is InChI=1S/C9H10FN5/c10-8-4-2-1-3-7(8)9-12-14-15(13-9)6-5-11/h1-4H,5-6,11H2. The zero-order chi connectivity index (χ0) is 10.7. The Morgan fingerprint density at radius 2 is 2.13 bits per heavy atom. The topological polar surface area (TPSA) is 69.6 Å². The molecule has 0 aliphatic heterocycles. The Hall–Kier alpha value is -1.82. The summed E-state index contributed by atoms with van der Waals surface area (Å²) in [5.41, 5.74) is 5.68. The first-order valence-corrected chi connectivity index (χ1v) is 4.54. The van der Waals surface area contributed by atoms with E-state index in [4.69, 9.17) is 5.73 Å². The van der Waals surface area contributed by atoms with E-state index in [2.05, 4.69) is 15.4 Å². The summed E-state index contributed by atoms with van der Waals surface area (Å²) in [6.07, 6.45) is 0. The summed E-state index contributed by atoms with van der Waals surface area (Å²) >= 11 is 0. The number of aromatic nitrogens is 4. The Labute approximate surface area is 85.7 Å². The monoisotopic (exact) mass is 207 g/mol. The fourth-order valence-electron chi connectivity index (χ4n) is 1.20. The third-order valence-corrected chi connectivity index (χ3v) is 1.90. The molecule has 0 saturated heterocycles. The molecule has 6 heteroatoms. The summed E-state index contributed by atoms with van der Waals surface area (Å²) in [6, 6.07) is 6.31. The van der Waals surface area contributed by atoms with Crippen LogP contribution in [0.3, 0.4) is 0 Å². The Kier molecular flexibility index (Phi) is 2.68. The van der Waals surface area contributed by atoms with Crippen LogP contribution in [0.15, 0.2) is 24.3 Å². The number of hydrogen-bond acceptors (Lipinski definition) is 4. The van der Waals surface area contributed by atoms with Crippen LogP contribution in [0.2, 0.25) is 0 Å². The fraction of sp³-hybridized carbons (Fsp3) is 0.222. The van der Waals surface area contributed by atoms with E-state index < -0.39 is 0 Å². The largest absolute Gasteiger partial charge is 0.329 e. The van der Waals surface area contributed by atoms with E-state index in [-0.39, 0.29) is 11.6 Å². The first-order valence-electron chi connectivity index (χ1n) is 4.54. The molecule has 2 N–H and O–H groups in total. The second-order valence-corrected chi connectivity index (χ2v) is 2.98. The maximum Gasteiger partial charge on any atom is 0.207 e. The third kappa shape index (κ3) is 1.99. The van der Waals surface area contributed by atoms with Crippen molar-refractivity contribution in [1.82, 2.24) is 20.2 Å². The van der Waals surface area contributed by atoms with Gasteiger partial charge in [-0.2, -0.15) is 4.80 Å². The zero-order valence-electron chi connectivity index (χ0n) is 7.97. The van der Waals surface area contributed by atoms with Gasteiger partial charge in [-0.05, 0) is 17.3 Å². The van der Waals surface area contributed by atoms with E-state index in [1.807, 2.05) is 0 Å². The summed E-state index contributed by atoms with van der Waals surface area (Å²) in [5, 5.41) is 11.5.